The molecule has 0 amide bonds. The maximum atomic E-state index is 12.7. The molecule has 0 bridgehead atoms. The van der Waals surface area contributed by atoms with Crippen LogP contribution in [0.1, 0.15) is 26.2 Å². The van der Waals surface area contributed by atoms with Crippen LogP contribution in [0.5, 0.6) is 0 Å². The molecule has 0 radical (unpaired) electrons. The van der Waals surface area contributed by atoms with Crippen LogP contribution in [0.25, 0.3) is 0 Å². The lowest BCUT2D eigenvalue weighted by Gasteiger charge is -2.42. The standard InChI is InChI=1S/C15H20ClNO5S/c1-2-8-15(14(19)20)10-17(9-7-13(15)18)23(21,22)12-5-3-11(16)4-6-12/h3-6,13,18H,2,7-10H2,1H3,(H,19,20)/t13-,15+/m1/s1. The Labute approximate surface area is 140 Å². The summed E-state index contributed by atoms with van der Waals surface area (Å²) in [7, 11) is -3.82. The van der Waals surface area contributed by atoms with Crippen molar-refractivity contribution < 1.29 is 23.4 Å². The number of hydrogen-bond donors (Lipinski definition) is 2. The van der Waals surface area contributed by atoms with Gasteiger partial charge in [0, 0.05) is 18.1 Å². The van der Waals surface area contributed by atoms with Crippen molar-refractivity contribution in [1.29, 1.82) is 0 Å². The van der Waals surface area contributed by atoms with Crippen LogP contribution in [0, 0.1) is 5.41 Å². The van der Waals surface area contributed by atoms with Crippen LogP contribution in [0.4, 0.5) is 0 Å². The lowest BCUT2D eigenvalue weighted by Crippen LogP contribution is -2.57. The summed E-state index contributed by atoms with van der Waals surface area (Å²) in [4.78, 5) is 11.8. The molecule has 128 valence electrons. The van der Waals surface area contributed by atoms with Gasteiger partial charge in [-0.2, -0.15) is 4.31 Å². The quantitative estimate of drug-likeness (QED) is 0.836. The molecule has 23 heavy (non-hydrogen) atoms. The first-order valence-corrected chi connectivity index (χ1v) is 9.23. The molecular weight excluding hydrogens is 342 g/mol. The summed E-state index contributed by atoms with van der Waals surface area (Å²) in [5.41, 5.74) is -1.47. The van der Waals surface area contributed by atoms with E-state index in [0.717, 1.165) is 4.31 Å². The molecule has 6 nitrogen and oxygen atoms in total. The Morgan fingerprint density at radius 3 is 2.52 bits per heavy atom. The molecule has 1 aliphatic rings. The first-order chi connectivity index (χ1) is 10.7. The molecule has 1 fully saturated rings. The number of rotatable bonds is 5. The number of hydrogen-bond acceptors (Lipinski definition) is 4. The summed E-state index contributed by atoms with van der Waals surface area (Å²) in [6.45, 7) is 1.66. The van der Waals surface area contributed by atoms with Crippen LogP contribution in [0.2, 0.25) is 5.02 Å². The maximum Gasteiger partial charge on any atom is 0.313 e. The number of sulfonamides is 1. The average molecular weight is 362 g/mol. The largest absolute Gasteiger partial charge is 0.481 e. The zero-order chi connectivity index (χ0) is 17.3. The molecule has 0 aliphatic carbocycles. The van der Waals surface area contributed by atoms with Crippen LogP contribution in [-0.4, -0.2) is 48.1 Å². The molecule has 2 rings (SSSR count). The molecule has 0 unspecified atom stereocenters. The molecule has 0 spiro atoms. The monoisotopic (exact) mass is 361 g/mol. The number of aliphatic carboxylic acids is 1. The first kappa shape index (κ1) is 18.2. The fourth-order valence-corrected chi connectivity index (χ4v) is 4.66. The van der Waals surface area contributed by atoms with Gasteiger partial charge in [0.05, 0.1) is 11.0 Å². The van der Waals surface area contributed by atoms with Gasteiger partial charge in [-0.1, -0.05) is 24.9 Å². The highest BCUT2D eigenvalue weighted by atomic mass is 35.5. The fourth-order valence-electron chi connectivity index (χ4n) is 3.01. The van der Waals surface area contributed by atoms with Gasteiger partial charge < -0.3 is 10.2 Å². The molecule has 0 aromatic heterocycles. The molecule has 0 saturated carbocycles. The number of carboxylic acid groups (broad SMARTS) is 1. The zero-order valence-electron chi connectivity index (χ0n) is 12.8. The van der Waals surface area contributed by atoms with Gasteiger partial charge in [0.15, 0.2) is 0 Å². The van der Waals surface area contributed by atoms with E-state index >= 15 is 0 Å². The number of aliphatic hydroxyl groups excluding tert-OH is 1. The number of aliphatic hydroxyl groups is 1. The molecule has 1 aliphatic heterocycles. The van der Waals surface area contributed by atoms with E-state index in [1.807, 2.05) is 6.92 Å². The Balaban J connectivity index is 2.36. The smallest absolute Gasteiger partial charge is 0.313 e. The summed E-state index contributed by atoms with van der Waals surface area (Å²) in [6.07, 6.45) is -0.204. The van der Waals surface area contributed by atoms with Crippen LogP contribution in [-0.2, 0) is 14.8 Å². The van der Waals surface area contributed by atoms with Crippen molar-refractivity contribution >= 4 is 27.6 Å². The van der Waals surface area contributed by atoms with Crippen molar-refractivity contribution in [2.45, 2.75) is 37.2 Å². The number of nitrogens with zero attached hydrogens (tertiary/aromatic N) is 1. The van der Waals surface area contributed by atoms with Gasteiger partial charge in [0.25, 0.3) is 0 Å². The van der Waals surface area contributed by atoms with Crippen LogP contribution >= 0.6 is 11.6 Å². The number of benzene rings is 1. The summed E-state index contributed by atoms with van der Waals surface area (Å²) >= 11 is 5.78. The second-order valence-electron chi connectivity index (χ2n) is 5.81. The van der Waals surface area contributed by atoms with Crippen LogP contribution in [0.3, 0.4) is 0 Å². The second-order valence-corrected chi connectivity index (χ2v) is 8.18. The topological polar surface area (TPSA) is 94.9 Å². The minimum atomic E-state index is -3.82. The van der Waals surface area contributed by atoms with Crippen LogP contribution < -0.4 is 0 Å². The Bertz CT molecular complexity index is 676. The Morgan fingerprint density at radius 2 is 2.00 bits per heavy atom. The van der Waals surface area contributed by atoms with Crippen molar-refractivity contribution in [3.05, 3.63) is 29.3 Å². The lowest BCUT2D eigenvalue weighted by atomic mass is 9.74. The minimum Gasteiger partial charge on any atom is -0.481 e. The Morgan fingerprint density at radius 1 is 1.39 bits per heavy atom. The molecule has 1 heterocycles. The molecule has 1 saturated heterocycles. The van der Waals surface area contributed by atoms with Gasteiger partial charge in [-0.3, -0.25) is 4.79 Å². The third kappa shape index (κ3) is 3.38. The first-order valence-electron chi connectivity index (χ1n) is 7.41. The highest BCUT2D eigenvalue weighted by Crippen LogP contribution is 2.37. The normalized spacial score (nSPS) is 26.1. The minimum absolute atomic E-state index is 0.0640. The molecular formula is C15H20ClNO5S. The summed E-state index contributed by atoms with van der Waals surface area (Å²) in [5, 5.41) is 20.2. The molecule has 2 N–H and O–H groups in total. The van der Waals surface area contributed by atoms with Gasteiger partial charge in [-0.15, -0.1) is 0 Å². The number of halogens is 1. The van der Waals surface area contributed by atoms with Crippen molar-refractivity contribution in [2.24, 2.45) is 5.41 Å². The fraction of sp³-hybridized carbons (Fsp3) is 0.533. The van der Waals surface area contributed by atoms with Crippen molar-refractivity contribution in [3.63, 3.8) is 0 Å². The molecule has 2 atom stereocenters. The van der Waals surface area contributed by atoms with E-state index in [-0.39, 0.29) is 30.8 Å². The van der Waals surface area contributed by atoms with E-state index in [1.54, 1.807) is 0 Å². The molecule has 8 heteroatoms. The zero-order valence-corrected chi connectivity index (χ0v) is 14.3. The predicted octanol–water partition coefficient (Wildman–Crippen LogP) is 1.97. The highest BCUT2D eigenvalue weighted by Gasteiger charge is 2.50. The van der Waals surface area contributed by atoms with E-state index in [2.05, 4.69) is 0 Å². The van der Waals surface area contributed by atoms with Crippen molar-refractivity contribution in [1.82, 2.24) is 4.31 Å². The Kier molecular flexibility index (Phi) is 5.35. The number of carbonyl (C=O) groups is 1. The third-order valence-electron chi connectivity index (χ3n) is 4.32. The highest BCUT2D eigenvalue weighted by molar-refractivity contribution is 7.89. The summed E-state index contributed by atoms with van der Waals surface area (Å²) < 4.78 is 26.6. The number of piperidine rings is 1. The maximum absolute atomic E-state index is 12.7. The van der Waals surface area contributed by atoms with E-state index in [9.17, 15) is 23.4 Å². The van der Waals surface area contributed by atoms with E-state index in [4.69, 9.17) is 11.6 Å². The van der Waals surface area contributed by atoms with E-state index < -0.39 is 27.5 Å². The van der Waals surface area contributed by atoms with E-state index in [0.29, 0.717) is 11.4 Å². The van der Waals surface area contributed by atoms with Crippen LogP contribution in [0.15, 0.2) is 29.2 Å². The lowest BCUT2D eigenvalue weighted by molar-refractivity contribution is -0.161. The number of carboxylic acids is 1. The summed E-state index contributed by atoms with van der Waals surface area (Å²) in [6, 6.07) is 5.74. The van der Waals surface area contributed by atoms with Crippen molar-refractivity contribution in [3.8, 4) is 0 Å². The Hall–Kier alpha value is -1.15. The predicted molar refractivity (Wildman–Crippen MR) is 85.8 cm³/mol. The van der Waals surface area contributed by atoms with Crippen molar-refractivity contribution in [2.75, 3.05) is 13.1 Å². The van der Waals surface area contributed by atoms with Gasteiger partial charge >= 0.3 is 5.97 Å². The molecule has 1 aromatic rings. The third-order valence-corrected chi connectivity index (χ3v) is 6.43. The van der Waals surface area contributed by atoms with Gasteiger partial charge in [-0.25, -0.2) is 8.42 Å². The average Bonchev–Trinajstić information content (AvgIpc) is 2.49. The SMILES string of the molecule is CCC[C@]1(C(=O)O)CN(S(=O)(=O)c2ccc(Cl)cc2)CC[C@H]1O. The van der Waals surface area contributed by atoms with Gasteiger partial charge in [0.2, 0.25) is 10.0 Å². The summed E-state index contributed by atoms with van der Waals surface area (Å²) in [5.74, 6) is -1.16. The molecule has 1 aromatic carbocycles. The van der Waals surface area contributed by atoms with Gasteiger partial charge in [0.1, 0.15) is 5.41 Å². The van der Waals surface area contributed by atoms with E-state index in [1.165, 1.54) is 24.3 Å². The second kappa shape index (κ2) is 6.76. The van der Waals surface area contributed by atoms with Gasteiger partial charge in [-0.05, 0) is 37.1 Å².